The number of benzene rings is 2. The first-order valence-corrected chi connectivity index (χ1v) is 9.23. The lowest BCUT2D eigenvalue weighted by molar-refractivity contribution is -0.123. The molecule has 0 aliphatic carbocycles. The van der Waals surface area contributed by atoms with Gasteiger partial charge in [0, 0.05) is 5.41 Å². The van der Waals surface area contributed by atoms with Crippen LogP contribution in [-0.2, 0) is 9.59 Å². The van der Waals surface area contributed by atoms with Crippen LogP contribution in [0.1, 0.15) is 32.4 Å². The Morgan fingerprint density at radius 1 is 1.07 bits per heavy atom. The fourth-order valence-corrected chi connectivity index (χ4v) is 3.49. The predicted molar refractivity (Wildman–Crippen MR) is 109 cm³/mol. The van der Waals surface area contributed by atoms with Crippen LogP contribution in [0.15, 0.2) is 59.9 Å². The van der Waals surface area contributed by atoms with Gasteiger partial charge in [0.1, 0.15) is 5.75 Å². The van der Waals surface area contributed by atoms with Crippen LogP contribution in [0.2, 0.25) is 0 Å². The lowest BCUT2D eigenvalue weighted by atomic mass is 9.82. The molecule has 3 N–H and O–H groups in total. The number of hydrogen-bond donors (Lipinski definition) is 3. The number of phenols is 1. The number of aliphatic hydroxyl groups excluding tert-OH is 1. The molecule has 1 unspecified atom stereocenters. The van der Waals surface area contributed by atoms with Crippen molar-refractivity contribution in [1.29, 1.82) is 0 Å². The highest BCUT2D eigenvalue weighted by Gasteiger charge is 2.47. The molecule has 4 rings (SSSR count). The van der Waals surface area contributed by atoms with Gasteiger partial charge in [0.25, 0.3) is 5.91 Å². The second-order valence-corrected chi connectivity index (χ2v) is 8.09. The first kappa shape index (κ1) is 18.7. The normalized spacial score (nSPS) is 17.4. The summed E-state index contributed by atoms with van der Waals surface area (Å²) in [7, 11) is 0. The number of para-hydroxylation sites is 2. The molecule has 29 heavy (non-hydrogen) atoms. The third-order valence-electron chi connectivity index (χ3n) is 4.95. The highest BCUT2D eigenvalue weighted by Crippen LogP contribution is 2.43. The first-order chi connectivity index (χ1) is 13.7. The minimum absolute atomic E-state index is 0.0219. The van der Waals surface area contributed by atoms with E-state index < -0.39 is 23.1 Å². The van der Waals surface area contributed by atoms with Gasteiger partial charge in [0.05, 0.1) is 22.6 Å². The molecule has 1 aliphatic heterocycles. The zero-order valence-corrected chi connectivity index (χ0v) is 16.3. The number of amides is 1. The van der Waals surface area contributed by atoms with E-state index in [1.807, 2.05) is 18.2 Å². The standard InChI is InChI=1S/C22H21N3O4/c1-22(2,3)19(28)16-17(12-8-10-13(26)11-9-12)25(20(29)18(16)27)21-23-14-6-4-5-7-15(14)24-21/h4-11,17,26-27H,1-3H3,(H,23,24). The van der Waals surface area contributed by atoms with Crippen molar-refractivity contribution in [2.45, 2.75) is 26.8 Å². The number of fused-ring (bicyclic) bond motifs is 1. The number of nitrogens with zero attached hydrogens (tertiary/aromatic N) is 2. The van der Waals surface area contributed by atoms with Gasteiger partial charge < -0.3 is 15.2 Å². The van der Waals surface area contributed by atoms with Crippen LogP contribution in [0.3, 0.4) is 0 Å². The van der Waals surface area contributed by atoms with Crippen LogP contribution in [0, 0.1) is 5.41 Å². The average molecular weight is 391 g/mol. The number of aromatic amines is 1. The number of ketones is 1. The molecule has 0 bridgehead atoms. The molecule has 0 saturated carbocycles. The number of phenolic OH excluding ortho intramolecular Hbond substituents is 1. The number of carbonyl (C=O) groups is 2. The summed E-state index contributed by atoms with van der Waals surface area (Å²) in [6.07, 6.45) is 0. The van der Waals surface area contributed by atoms with Gasteiger partial charge in [-0.2, -0.15) is 0 Å². The summed E-state index contributed by atoms with van der Waals surface area (Å²) in [6, 6.07) is 12.6. The Bertz CT molecular complexity index is 1120. The van der Waals surface area contributed by atoms with Crippen molar-refractivity contribution >= 4 is 28.7 Å². The molecule has 1 atom stereocenters. The van der Waals surface area contributed by atoms with E-state index >= 15 is 0 Å². The maximum absolute atomic E-state index is 13.1. The topological polar surface area (TPSA) is 107 Å². The van der Waals surface area contributed by atoms with Crippen molar-refractivity contribution in [2.75, 3.05) is 4.90 Å². The van der Waals surface area contributed by atoms with Gasteiger partial charge in [0.15, 0.2) is 11.5 Å². The third-order valence-corrected chi connectivity index (χ3v) is 4.95. The maximum Gasteiger partial charge on any atom is 0.296 e. The van der Waals surface area contributed by atoms with E-state index in [0.717, 1.165) is 5.52 Å². The minimum atomic E-state index is -0.865. The number of aromatic hydroxyl groups is 1. The SMILES string of the molecule is CC(C)(C)C(=O)C1=C(O)C(=O)N(c2nc3ccccc3[nH]2)C1c1ccc(O)cc1. The summed E-state index contributed by atoms with van der Waals surface area (Å²) in [5.41, 5.74) is 1.19. The van der Waals surface area contributed by atoms with Crippen molar-refractivity contribution in [3.8, 4) is 5.75 Å². The molecule has 1 aromatic heterocycles. The van der Waals surface area contributed by atoms with Crippen molar-refractivity contribution in [3.05, 3.63) is 65.4 Å². The third kappa shape index (κ3) is 3.04. The molecular formula is C22H21N3O4. The number of H-pyrrole nitrogens is 1. The molecule has 2 heterocycles. The first-order valence-electron chi connectivity index (χ1n) is 9.23. The molecular weight excluding hydrogens is 370 g/mol. The largest absolute Gasteiger partial charge is 0.508 e. The van der Waals surface area contributed by atoms with Crippen LogP contribution in [0.25, 0.3) is 11.0 Å². The van der Waals surface area contributed by atoms with Crippen LogP contribution in [-0.4, -0.2) is 31.9 Å². The monoisotopic (exact) mass is 391 g/mol. The van der Waals surface area contributed by atoms with Gasteiger partial charge in [-0.1, -0.05) is 45.0 Å². The molecule has 2 aromatic carbocycles. The highest BCUT2D eigenvalue weighted by atomic mass is 16.3. The van der Waals surface area contributed by atoms with E-state index in [2.05, 4.69) is 9.97 Å². The van der Waals surface area contributed by atoms with E-state index in [-0.39, 0.29) is 23.1 Å². The molecule has 0 spiro atoms. The molecule has 1 amide bonds. The Morgan fingerprint density at radius 2 is 1.72 bits per heavy atom. The van der Waals surface area contributed by atoms with E-state index in [4.69, 9.17) is 0 Å². The molecule has 0 radical (unpaired) electrons. The Morgan fingerprint density at radius 3 is 2.34 bits per heavy atom. The van der Waals surface area contributed by atoms with Crippen LogP contribution in [0.4, 0.5) is 5.95 Å². The van der Waals surface area contributed by atoms with Crippen molar-refractivity contribution in [3.63, 3.8) is 0 Å². The fourth-order valence-electron chi connectivity index (χ4n) is 3.49. The number of rotatable bonds is 3. The Hall–Kier alpha value is -3.61. The molecule has 0 saturated heterocycles. The van der Waals surface area contributed by atoms with Crippen molar-refractivity contribution in [2.24, 2.45) is 5.41 Å². The Labute approximate surface area is 167 Å². The fraction of sp³-hybridized carbons (Fsp3) is 0.227. The van der Waals surface area contributed by atoms with Crippen LogP contribution < -0.4 is 4.90 Å². The number of imidazole rings is 1. The molecule has 0 fully saturated rings. The number of carbonyl (C=O) groups excluding carboxylic acids is 2. The second-order valence-electron chi connectivity index (χ2n) is 8.09. The zero-order chi connectivity index (χ0) is 20.9. The number of nitrogens with one attached hydrogen (secondary N) is 1. The van der Waals surface area contributed by atoms with Gasteiger partial charge in [-0.3, -0.25) is 14.5 Å². The predicted octanol–water partition coefficient (Wildman–Crippen LogP) is 3.78. The molecule has 7 heteroatoms. The van der Waals surface area contributed by atoms with E-state index in [9.17, 15) is 19.8 Å². The number of aromatic nitrogens is 2. The second kappa shape index (κ2) is 6.48. The number of aliphatic hydroxyl groups is 1. The van der Waals surface area contributed by atoms with Crippen molar-refractivity contribution < 1.29 is 19.8 Å². The van der Waals surface area contributed by atoms with Gasteiger partial charge in [-0.05, 0) is 29.8 Å². The number of hydrogen-bond acceptors (Lipinski definition) is 5. The average Bonchev–Trinajstić information content (AvgIpc) is 3.20. The smallest absolute Gasteiger partial charge is 0.296 e. The van der Waals surface area contributed by atoms with E-state index in [1.165, 1.54) is 17.0 Å². The van der Waals surface area contributed by atoms with E-state index in [1.54, 1.807) is 39.0 Å². The van der Waals surface area contributed by atoms with Gasteiger partial charge in [-0.15, -0.1) is 0 Å². The van der Waals surface area contributed by atoms with Gasteiger partial charge in [0.2, 0.25) is 5.95 Å². The lowest BCUT2D eigenvalue weighted by Crippen LogP contribution is -2.33. The zero-order valence-electron chi connectivity index (χ0n) is 16.3. The van der Waals surface area contributed by atoms with Crippen LogP contribution >= 0.6 is 0 Å². The quantitative estimate of drug-likeness (QED) is 0.630. The van der Waals surface area contributed by atoms with Crippen LogP contribution in [0.5, 0.6) is 5.75 Å². The highest BCUT2D eigenvalue weighted by molar-refractivity contribution is 6.17. The number of anilines is 1. The summed E-state index contributed by atoms with van der Waals surface area (Å²) in [6.45, 7) is 5.20. The summed E-state index contributed by atoms with van der Waals surface area (Å²) >= 11 is 0. The number of Topliss-reactive ketones (excluding diaryl/α,β-unsaturated/α-hetero) is 1. The Balaban J connectivity index is 1.91. The van der Waals surface area contributed by atoms with Crippen molar-refractivity contribution in [1.82, 2.24) is 9.97 Å². The minimum Gasteiger partial charge on any atom is -0.508 e. The maximum atomic E-state index is 13.1. The summed E-state index contributed by atoms with van der Waals surface area (Å²) in [5, 5.41) is 20.3. The van der Waals surface area contributed by atoms with E-state index in [0.29, 0.717) is 11.1 Å². The summed E-state index contributed by atoms with van der Waals surface area (Å²) < 4.78 is 0. The molecule has 7 nitrogen and oxygen atoms in total. The molecule has 148 valence electrons. The van der Waals surface area contributed by atoms with Gasteiger partial charge in [-0.25, -0.2) is 4.98 Å². The summed E-state index contributed by atoms with van der Waals surface area (Å²) in [4.78, 5) is 35.0. The summed E-state index contributed by atoms with van der Waals surface area (Å²) in [5.74, 6) is -1.32. The lowest BCUT2D eigenvalue weighted by Gasteiger charge is -2.27. The molecule has 1 aliphatic rings. The molecule has 3 aromatic rings. The Kier molecular flexibility index (Phi) is 4.19. The van der Waals surface area contributed by atoms with Gasteiger partial charge >= 0.3 is 0 Å².